The van der Waals surface area contributed by atoms with E-state index in [-0.39, 0.29) is 5.69 Å². The number of benzene rings is 1. The molecule has 0 radical (unpaired) electrons. The molecule has 8 nitrogen and oxygen atoms in total. The second-order valence-electron chi connectivity index (χ2n) is 5.77. The number of para-hydroxylation sites is 1. The van der Waals surface area contributed by atoms with Crippen molar-refractivity contribution in [1.29, 1.82) is 0 Å². The van der Waals surface area contributed by atoms with Crippen LogP contribution in [0.2, 0.25) is 0 Å². The lowest BCUT2D eigenvalue weighted by molar-refractivity contribution is -0.142. The number of H-pyrrole nitrogens is 1. The zero-order chi connectivity index (χ0) is 18.5. The fraction of sp³-hybridized carbons (Fsp3) is 0.278. The number of aromatic amines is 1. The molecule has 1 atom stereocenters. The van der Waals surface area contributed by atoms with Gasteiger partial charge >= 0.3 is 5.97 Å². The highest BCUT2D eigenvalue weighted by atomic mass is 16.5. The van der Waals surface area contributed by atoms with Gasteiger partial charge in [-0.3, -0.25) is 4.79 Å². The molecule has 136 valence electrons. The Bertz CT molecular complexity index is 915. The van der Waals surface area contributed by atoms with Crippen molar-refractivity contribution in [2.24, 2.45) is 0 Å². The molecule has 1 amide bonds. The molecular weight excluding hydrogens is 336 g/mol. The van der Waals surface area contributed by atoms with Crippen LogP contribution in [0.1, 0.15) is 21.9 Å². The highest BCUT2D eigenvalue weighted by Gasteiger charge is 2.25. The topological polar surface area (TPSA) is 109 Å². The first kappa shape index (κ1) is 17.7. The first-order valence-electron chi connectivity index (χ1n) is 8.15. The van der Waals surface area contributed by atoms with Crippen LogP contribution in [0, 0.1) is 0 Å². The normalized spacial score (nSPS) is 12.1. The third-order valence-corrected chi connectivity index (χ3v) is 4.00. The average Bonchev–Trinajstić information content (AvgIpc) is 3.28. The molecule has 3 aromatic rings. The number of amides is 1. The van der Waals surface area contributed by atoms with Gasteiger partial charge < -0.3 is 24.8 Å². The minimum absolute atomic E-state index is 0.114. The maximum absolute atomic E-state index is 12.4. The van der Waals surface area contributed by atoms with Crippen LogP contribution < -0.4 is 10.6 Å². The molecule has 2 heterocycles. The summed E-state index contributed by atoms with van der Waals surface area (Å²) in [5.41, 5.74) is 1.99. The van der Waals surface area contributed by atoms with Crippen molar-refractivity contribution >= 4 is 22.8 Å². The van der Waals surface area contributed by atoms with Crippen LogP contribution in [0.25, 0.3) is 10.9 Å². The molecule has 0 saturated heterocycles. The van der Waals surface area contributed by atoms with Gasteiger partial charge in [0.1, 0.15) is 12.3 Å². The summed E-state index contributed by atoms with van der Waals surface area (Å²) in [5, 5.41) is 6.55. The molecule has 8 heteroatoms. The van der Waals surface area contributed by atoms with E-state index in [0.29, 0.717) is 18.9 Å². The summed E-state index contributed by atoms with van der Waals surface area (Å²) in [6.45, 7) is 0.406. The lowest BCUT2D eigenvalue weighted by Gasteiger charge is -2.15. The number of oxazole rings is 1. The van der Waals surface area contributed by atoms with Gasteiger partial charge in [-0.15, -0.1) is 0 Å². The van der Waals surface area contributed by atoms with E-state index in [0.717, 1.165) is 16.5 Å². The Balaban J connectivity index is 1.77. The van der Waals surface area contributed by atoms with Crippen LogP contribution in [-0.4, -0.2) is 42.0 Å². The van der Waals surface area contributed by atoms with Crippen molar-refractivity contribution in [1.82, 2.24) is 20.6 Å². The molecule has 2 aromatic heterocycles. The minimum Gasteiger partial charge on any atom is -0.467 e. The summed E-state index contributed by atoms with van der Waals surface area (Å²) in [6.07, 6.45) is 3.39. The molecule has 0 aliphatic heterocycles. The Kier molecular flexibility index (Phi) is 5.33. The average molecular weight is 356 g/mol. The van der Waals surface area contributed by atoms with Crippen LogP contribution >= 0.6 is 0 Å². The van der Waals surface area contributed by atoms with Crippen LogP contribution in [0.3, 0.4) is 0 Å². The van der Waals surface area contributed by atoms with Crippen molar-refractivity contribution in [2.45, 2.75) is 19.0 Å². The Hall–Kier alpha value is -3.13. The van der Waals surface area contributed by atoms with Crippen molar-refractivity contribution in [3.8, 4) is 0 Å². The Morgan fingerprint density at radius 3 is 2.92 bits per heavy atom. The first-order chi connectivity index (χ1) is 12.6. The van der Waals surface area contributed by atoms with Gasteiger partial charge in [-0.1, -0.05) is 18.2 Å². The van der Waals surface area contributed by atoms with Gasteiger partial charge in [0.25, 0.3) is 5.91 Å². The number of ether oxygens (including phenoxy) is 1. The van der Waals surface area contributed by atoms with E-state index < -0.39 is 17.9 Å². The number of methoxy groups -OCH3 is 1. The number of esters is 1. The van der Waals surface area contributed by atoms with E-state index >= 15 is 0 Å². The van der Waals surface area contributed by atoms with Gasteiger partial charge in [0.2, 0.25) is 5.89 Å². The third-order valence-electron chi connectivity index (χ3n) is 4.00. The number of hydrogen-bond acceptors (Lipinski definition) is 6. The maximum atomic E-state index is 12.4. The van der Waals surface area contributed by atoms with E-state index in [4.69, 9.17) is 9.15 Å². The van der Waals surface area contributed by atoms with Crippen molar-refractivity contribution in [3.05, 3.63) is 53.9 Å². The third kappa shape index (κ3) is 3.75. The van der Waals surface area contributed by atoms with E-state index in [1.165, 1.54) is 13.4 Å². The van der Waals surface area contributed by atoms with Gasteiger partial charge in [0.05, 0.1) is 13.7 Å². The SMILES string of the molecule is CNCc1nc(C(=O)NC(Cc2c[nH]c3ccccc23)C(=O)OC)co1. The van der Waals surface area contributed by atoms with E-state index in [1.807, 2.05) is 30.5 Å². The highest BCUT2D eigenvalue weighted by Crippen LogP contribution is 2.19. The van der Waals surface area contributed by atoms with Gasteiger partial charge in [-0.2, -0.15) is 0 Å². The lowest BCUT2D eigenvalue weighted by atomic mass is 10.0. The largest absolute Gasteiger partial charge is 0.467 e. The van der Waals surface area contributed by atoms with Crippen LogP contribution in [0.5, 0.6) is 0 Å². The molecule has 1 unspecified atom stereocenters. The lowest BCUT2D eigenvalue weighted by Crippen LogP contribution is -2.43. The molecule has 1 aromatic carbocycles. The van der Waals surface area contributed by atoms with Gasteiger partial charge in [-0.25, -0.2) is 9.78 Å². The van der Waals surface area contributed by atoms with E-state index in [9.17, 15) is 9.59 Å². The van der Waals surface area contributed by atoms with Crippen molar-refractivity contribution in [3.63, 3.8) is 0 Å². The Morgan fingerprint density at radius 1 is 1.35 bits per heavy atom. The number of hydrogen-bond donors (Lipinski definition) is 3. The zero-order valence-electron chi connectivity index (χ0n) is 14.5. The number of fused-ring (bicyclic) bond motifs is 1. The summed E-state index contributed by atoms with van der Waals surface area (Å²) in [4.78, 5) is 31.8. The molecule has 3 N–H and O–H groups in total. The van der Waals surface area contributed by atoms with Crippen molar-refractivity contribution < 1.29 is 18.7 Å². The van der Waals surface area contributed by atoms with E-state index in [1.54, 1.807) is 7.05 Å². The molecule has 3 rings (SSSR count). The quantitative estimate of drug-likeness (QED) is 0.552. The fourth-order valence-corrected chi connectivity index (χ4v) is 2.74. The summed E-state index contributed by atoms with van der Waals surface area (Å²) < 4.78 is 10.0. The summed E-state index contributed by atoms with van der Waals surface area (Å²) >= 11 is 0. The summed E-state index contributed by atoms with van der Waals surface area (Å²) in [7, 11) is 3.04. The molecule has 26 heavy (non-hydrogen) atoms. The molecule has 0 fully saturated rings. The van der Waals surface area contributed by atoms with E-state index in [2.05, 4.69) is 20.6 Å². The molecule has 0 aliphatic rings. The standard InChI is InChI=1S/C18H20N4O4/c1-19-9-16-21-15(10-26-16)17(23)22-14(18(24)25-2)7-11-8-20-13-6-4-3-5-12(11)13/h3-6,8,10,14,19-20H,7,9H2,1-2H3,(H,22,23). The second kappa shape index (κ2) is 7.83. The molecule has 0 spiro atoms. The zero-order valence-corrected chi connectivity index (χ0v) is 14.5. The number of nitrogens with one attached hydrogen (secondary N) is 3. The number of carbonyl (C=O) groups is 2. The molecule has 0 saturated carbocycles. The molecule has 0 aliphatic carbocycles. The smallest absolute Gasteiger partial charge is 0.328 e. The first-order valence-corrected chi connectivity index (χ1v) is 8.15. The fourth-order valence-electron chi connectivity index (χ4n) is 2.74. The number of rotatable bonds is 7. The van der Waals surface area contributed by atoms with Crippen LogP contribution in [0.4, 0.5) is 0 Å². The van der Waals surface area contributed by atoms with Crippen molar-refractivity contribution in [2.75, 3.05) is 14.2 Å². The number of nitrogens with zero attached hydrogens (tertiary/aromatic N) is 1. The Labute approximate surface area is 149 Å². The van der Waals surface area contributed by atoms with Gasteiger partial charge in [0.15, 0.2) is 5.69 Å². The van der Waals surface area contributed by atoms with Crippen LogP contribution in [-0.2, 0) is 22.5 Å². The molecular formula is C18H20N4O4. The van der Waals surface area contributed by atoms with Crippen LogP contribution in [0.15, 0.2) is 41.1 Å². The monoisotopic (exact) mass is 356 g/mol. The second-order valence-corrected chi connectivity index (χ2v) is 5.77. The predicted octanol–water partition coefficient (Wildman–Crippen LogP) is 1.39. The molecule has 0 bridgehead atoms. The predicted molar refractivity (Wildman–Crippen MR) is 94.5 cm³/mol. The number of carbonyl (C=O) groups excluding carboxylic acids is 2. The maximum Gasteiger partial charge on any atom is 0.328 e. The number of aromatic nitrogens is 2. The summed E-state index contributed by atoms with van der Waals surface area (Å²) in [6, 6.07) is 6.91. The Morgan fingerprint density at radius 2 is 2.15 bits per heavy atom. The highest BCUT2D eigenvalue weighted by molar-refractivity contribution is 5.95. The summed E-state index contributed by atoms with van der Waals surface area (Å²) in [5.74, 6) is -0.627. The van der Waals surface area contributed by atoms with Gasteiger partial charge in [-0.05, 0) is 18.7 Å². The minimum atomic E-state index is -0.837. The van der Waals surface area contributed by atoms with Gasteiger partial charge in [0, 0.05) is 23.5 Å².